The minimum Gasteiger partial charge on any atom is -0.465 e. The van der Waals surface area contributed by atoms with Gasteiger partial charge in [-0.05, 0) is 38.0 Å². The highest BCUT2D eigenvalue weighted by atomic mass is 35.5. The van der Waals surface area contributed by atoms with E-state index in [1.807, 2.05) is 0 Å². The van der Waals surface area contributed by atoms with Gasteiger partial charge in [0.25, 0.3) is 0 Å². The van der Waals surface area contributed by atoms with Crippen molar-refractivity contribution >= 4 is 39.4 Å². The van der Waals surface area contributed by atoms with Crippen molar-refractivity contribution in [2.75, 3.05) is 22.8 Å². The number of amides is 1. The van der Waals surface area contributed by atoms with E-state index in [-0.39, 0.29) is 46.1 Å². The molecule has 1 atom stereocenters. The van der Waals surface area contributed by atoms with E-state index in [0.29, 0.717) is 11.6 Å². The van der Waals surface area contributed by atoms with Gasteiger partial charge in [-0.15, -0.1) is 0 Å². The molecule has 14 heteroatoms. The quantitative estimate of drug-likeness (QED) is 0.325. The number of carbonyl (C=O) groups is 1. The molecule has 1 saturated carbocycles. The number of hydrogen-bond donors (Lipinski definition) is 4. The molecule has 4 rings (SSSR count). The number of benzene rings is 1. The summed E-state index contributed by atoms with van der Waals surface area (Å²) in [6.07, 6.45) is 2.98. The molecule has 4 N–H and O–H groups in total. The number of nitrogens with zero attached hydrogens (tertiary/aromatic N) is 3. The highest BCUT2D eigenvalue weighted by molar-refractivity contribution is 7.92. The minimum atomic E-state index is -3.77. The van der Waals surface area contributed by atoms with Gasteiger partial charge in [-0.25, -0.2) is 32.6 Å². The van der Waals surface area contributed by atoms with Crippen molar-refractivity contribution in [3.05, 3.63) is 41.1 Å². The normalized spacial score (nSPS) is 14.4. The number of rotatable bonds is 9. The maximum atomic E-state index is 15.4. The predicted molar refractivity (Wildman–Crippen MR) is 127 cm³/mol. The summed E-state index contributed by atoms with van der Waals surface area (Å²) >= 11 is 6.17. The lowest BCUT2D eigenvalue weighted by Crippen LogP contribution is -2.36. The SMILES string of the molecule is CC(CNc1nccc(-c2oc(C3CC3)nc2-c2cc(Cl)cc(NS(C)(=O)=O)c2F)n1)NC(=O)O. The van der Waals surface area contributed by atoms with E-state index in [2.05, 4.69) is 30.3 Å². The summed E-state index contributed by atoms with van der Waals surface area (Å²) in [6, 6.07) is 3.65. The van der Waals surface area contributed by atoms with Crippen LogP contribution in [0.25, 0.3) is 22.7 Å². The second kappa shape index (κ2) is 9.66. The molecule has 3 aromatic rings. The summed E-state index contributed by atoms with van der Waals surface area (Å²) in [5.74, 6) is 0.0150. The van der Waals surface area contributed by atoms with Crippen molar-refractivity contribution in [2.24, 2.45) is 0 Å². The first-order chi connectivity index (χ1) is 16.5. The number of carboxylic acid groups (broad SMARTS) is 1. The first-order valence-corrected chi connectivity index (χ1v) is 12.8. The molecule has 0 radical (unpaired) electrons. The summed E-state index contributed by atoms with van der Waals surface area (Å²) < 4.78 is 46.9. The molecule has 0 spiro atoms. The Bertz CT molecular complexity index is 1380. The summed E-state index contributed by atoms with van der Waals surface area (Å²) in [5.41, 5.74) is 0.0466. The minimum absolute atomic E-state index is 0.0540. The fourth-order valence-corrected chi connectivity index (χ4v) is 4.08. The van der Waals surface area contributed by atoms with Gasteiger partial charge in [-0.1, -0.05) is 11.6 Å². The number of oxazole rings is 1. The molecule has 0 aliphatic heterocycles. The van der Waals surface area contributed by atoms with E-state index in [1.165, 1.54) is 18.3 Å². The molecular formula is C21H22ClFN6O5S. The van der Waals surface area contributed by atoms with Crippen LogP contribution in [0.15, 0.2) is 28.8 Å². The third kappa shape index (κ3) is 6.17. The van der Waals surface area contributed by atoms with Crippen LogP contribution in [-0.4, -0.2) is 53.4 Å². The van der Waals surface area contributed by atoms with E-state index < -0.39 is 28.0 Å². The van der Waals surface area contributed by atoms with Gasteiger partial charge in [0.05, 0.1) is 11.9 Å². The standard InChI is InChI=1S/C21H22ClFN6O5S/c1-10(26-21(30)31)9-25-20-24-6-5-14(27-20)18-17(28-19(34-18)11-3-4-11)13-7-12(22)8-15(16(13)23)29-35(2,32)33/h5-8,10-11,26,29H,3-4,9H2,1-2H3,(H,30,31)(H,24,25,27). The average Bonchev–Trinajstić information content (AvgIpc) is 3.52. The van der Waals surface area contributed by atoms with Crippen LogP contribution in [-0.2, 0) is 10.0 Å². The number of anilines is 2. The molecule has 1 aromatic carbocycles. The van der Waals surface area contributed by atoms with Crippen LogP contribution < -0.4 is 15.4 Å². The van der Waals surface area contributed by atoms with E-state index in [1.54, 1.807) is 13.0 Å². The highest BCUT2D eigenvalue weighted by Gasteiger charge is 2.32. The number of hydrogen-bond acceptors (Lipinski definition) is 8. The van der Waals surface area contributed by atoms with Gasteiger partial charge in [0.15, 0.2) is 17.5 Å². The van der Waals surface area contributed by atoms with Crippen LogP contribution in [0.1, 0.15) is 31.6 Å². The lowest BCUT2D eigenvalue weighted by atomic mass is 10.1. The van der Waals surface area contributed by atoms with Crippen LogP contribution in [0.5, 0.6) is 0 Å². The van der Waals surface area contributed by atoms with Gasteiger partial charge in [0.2, 0.25) is 16.0 Å². The van der Waals surface area contributed by atoms with Crippen LogP contribution in [0.2, 0.25) is 5.02 Å². The number of nitrogens with one attached hydrogen (secondary N) is 3. The maximum absolute atomic E-state index is 15.4. The molecule has 1 unspecified atom stereocenters. The maximum Gasteiger partial charge on any atom is 0.404 e. The summed E-state index contributed by atoms with van der Waals surface area (Å²) in [5, 5.41) is 14.2. The topological polar surface area (TPSA) is 159 Å². The second-order valence-corrected chi connectivity index (χ2v) is 10.4. The molecule has 186 valence electrons. The highest BCUT2D eigenvalue weighted by Crippen LogP contribution is 2.44. The number of halogens is 2. The summed E-state index contributed by atoms with van der Waals surface area (Å²) in [7, 11) is -3.77. The zero-order valence-corrected chi connectivity index (χ0v) is 20.2. The molecule has 11 nitrogen and oxygen atoms in total. The Morgan fingerprint density at radius 1 is 1.34 bits per heavy atom. The molecule has 1 amide bonds. The van der Waals surface area contributed by atoms with Crippen molar-refractivity contribution < 1.29 is 27.1 Å². The Kier molecular flexibility index (Phi) is 6.81. The lowest BCUT2D eigenvalue weighted by Gasteiger charge is -2.12. The third-order valence-electron chi connectivity index (χ3n) is 4.98. The Morgan fingerprint density at radius 3 is 2.74 bits per heavy atom. The monoisotopic (exact) mass is 524 g/mol. The molecule has 1 aliphatic carbocycles. The predicted octanol–water partition coefficient (Wildman–Crippen LogP) is 3.91. The summed E-state index contributed by atoms with van der Waals surface area (Å²) in [4.78, 5) is 23.8. The Balaban J connectivity index is 1.73. The lowest BCUT2D eigenvalue weighted by molar-refractivity contribution is 0.191. The van der Waals surface area contributed by atoms with E-state index in [4.69, 9.17) is 21.1 Å². The van der Waals surface area contributed by atoms with Crippen LogP contribution in [0.3, 0.4) is 0 Å². The van der Waals surface area contributed by atoms with Crippen molar-refractivity contribution in [1.29, 1.82) is 0 Å². The molecular weight excluding hydrogens is 503 g/mol. The van der Waals surface area contributed by atoms with E-state index in [0.717, 1.165) is 19.1 Å². The van der Waals surface area contributed by atoms with E-state index in [9.17, 15) is 13.2 Å². The first-order valence-electron chi connectivity index (χ1n) is 10.5. The molecule has 2 aromatic heterocycles. The summed E-state index contributed by atoms with van der Waals surface area (Å²) in [6.45, 7) is 1.89. The average molecular weight is 525 g/mol. The van der Waals surface area contributed by atoms with Crippen molar-refractivity contribution in [3.8, 4) is 22.7 Å². The fourth-order valence-electron chi connectivity index (χ4n) is 3.31. The first kappa shape index (κ1) is 24.7. The van der Waals surface area contributed by atoms with Gasteiger partial charge in [-0.3, -0.25) is 4.72 Å². The molecule has 1 fully saturated rings. The molecule has 0 bridgehead atoms. The fraction of sp³-hybridized carbons (Fsp3) is 0.333. The number of aromatic nitrogens is 3. The van der Waals surface area contributed by atoms with Crippen molar-refractivity contribution in [1.82, 2.24) is 20.3 Å². The molecule has 0 saturated heterocycles. The van der Waals surface area contributed by atoms with Crippen LogP contribution in [0, 0.1) is 5.82 Å². The van der Waals surface area contributed by atoms with Gasteiger partial charge >= 0.3 is 6.09 Å². The molecule has 35 heavy (non-hydrogen) atoms. The number of sulfonamides is 1. The zero-order chi connectivity index (χ0) is 25.3. The Labute approximate surface area is 205 Å². The van der Waals surface area contributed by atoms with Crippen molar-refractivity contribution in [2.45, 2.75) is 31.7 Å². The van der Waals surface area contributed by atoms with Crippen LogP contribution >= 0.6 is 11.6 Å². The van der Waals surface area contributed by atoms with Gasteiger partial charge < -0.3 is 20.2 Å². The zero-order valence-electron chi connectivity index (χ0n) is 18.7. The van der Waals surface area contributed by atoms with Gasteiger partial charge in [0, 0.05) is 35.3 Å². The smallest absolute Gasteiger partial charge is 0.404 e. The molecule has 1 aliphatic rings. The largest absolute Gasteiger partial charge is 0.465 e. The molecule has 2 heterocycles. The van der Waals surface area contributed by atoms with E-state index >= 15 is 4.39 Å². The second-order valence-electron chi connectivity index (χ2n) is 8.19. The van der Waals surface area contributed by atoms with Gasteiger partial charge in [-0.2, -0.15) is 0 Å². The van der Waals surface area contributed by atoms with Crippen LogP contribution in [0.4, 0.5) is 20.8 Å². The van der Waals surface area contributed by atoms with Gasteiger partial charge in [0.1, 0.15) is 11.4 Å². The third-order valence-corrected chi connectivity index (χ3v) is 5.79. The Hall–Kier alpha value is -3.45. The Morgan fingerprint density at radius 2 is 2.09 bits per heavy atom. The van der Waals surface area contributed by atoms with Crippen molar-refractivity contribution in [3.63, 3.8) is 0 Å².